The third-order valence-electron chi connectivity index (χ3n) is 5.62. The number of pyridine rings is 1. The summed E-state index contributed by atoms with van der Waals surface area (Å²) in [5.74, 6) is 0. The summed E-state index contributed by atoms with van der Waals surface area (Å²) in [4.78, 5) is 18.0. The van der Waals surface area contributed by atoms with E-state index in [1.807, 2.05) is 25.5 Å². The number of unbranched alkanes of at least 4 members (excludes halogenated alkanes) is 2. The predicted octanol–water partition coefficient (Wildman–Crippen LogP) is 7.11. The standard InChI is InChI=1S/C25H37N3OS2/c1-17-11-12-18(2)20(15-17)25(4,5)13-9-8-10-14-26-24(29)28-22-21(30-6)16-19(3)27-23(22)31-7/h11-12,15-16H,8-10,13-14H2,1-7H3,(H2,26,28,29). The van der Waals surface area contributed by atoms with E-state index in [-0.39, 0.29) is 11.4 Å². The highest BCUT2D eigenvalue weighted by molar-refractivity contribution is 7.99. The molecule has 170 valence electrons. The zero-order valence-electron chi connectivity index (χ0n) is 20.0. The molecule has 0 aliphatic heterocycles. The van der Waals surface area contributed by atoms with Crippen LogP contribution in [0.15, 0.2) is 34.2 Å². The third-order valence-corrected chi connectivity index (χ3v) is 7.06. The number of nitrogens with one attached hydrogen (secondary N) is 2. The molecule has 6 heteroatoms. The number of thioether (sulfide) groups is 2. The minimum absolute atomic E-state index is 0.160. The lowest BCUT2D eigenvalue weighted by Crippen LogP contribution is -2.30. The Morgan fingerprint density at radius 1 is 1.03 bits per heavy atom. The van der Waals surface area contributed by atoms with Crippen LogP contribution >= 0.6 is 23.5 Å². The van der Waals surface area contributed by atoms with Gasteiger partial charge in [0.05, 0.1) is 5.69 Å². The molecule has 2 N–H and O–H groups in total. The minimum atomic E-state index is -0.160. The number of hydrogen-bond acceptors (Lipinski definition) is 4. The average molecular weight is 460 g/mol. The maximum absolute atomic E-state index is 12.4. The second-order valence-corrected chi connectivity index (χ2v) is 10.4. The van der Waals surface area contributed by atoms with Gasteiger partial charge in [0.1, 0.15) is 5.03 Å². The van der Waals surface area contributed by atoms with Crippen LogP contribution in [0.2, 0.25) is 0 Å². The number of aromatic nitrogens is 1. The van der Waals surface area contributed by atoms with Crippen LogP contribution < -0.4 is 10.6 Å². The first-order chi connectivity index (χ1) is 14.7. The molecule has 0 spiro atoms. The molecule has 0 fully saturated rings. The lowest BCUT2D eigenvalue weighted by atomic mass is 9.77. The third kappa shape index (κ3) is 7.46. The zero-order chi connectivity index (χ0) is 23.0. The number of carbonyl (C=O) groups excluding carboxylic acids is 1. The summed E-state index contributed by atoms with van der Waals surface area (Å²) in [5, 5.41) is 6.85. The van der Waals surface area contributed by atoms with Crippen molar-refractivity contribution in [1.82, 2.24) is 10.3 Å². The second kappa shape index (κ2) is 11.8. The van der Waals surface area contributed by atoms with Gasteiger partial charge in [-0.3, -0.25) is 0 Å². The second-order valence-electron chi connectivity index (χ2n) is 8.74. The Balaban J connectivity index is 1.78. The van der Waals surface area contributed by atoms with Crippen molar-refractivity contribution >= 4 is 35.2 Å². The summed E-state index contributed by atoms with van der Waals surface area (Å²) in [6, 6.07) is 8.59. The Kier molecular flexibility index (Phi) is 9.76. The number of anilines is 1. The number of urea groups is 1. The number of amides is 2. The topological polar surface area (TPSA) is 54.0 Å². The Morgan fingerprint density at radius 2 is 1.77 bits per heavy atom. The molecule has 0 aliphatic rings. The molecule has 4 nitrogen and oxygen atoms in total. The molecule has 0 bridgehead atoms. The van der Waals surface area contributed by atoms with Gasteiger partial charge < -0.3 is 10.6 Å². The van der Waals surface area contributed by atoms with Gasteiger partial charge in [-0.15, -0.1) is 23.5 Å². The van der Waals surface area contributed by atoms with Crippen LogP contribution in [-0.4, -0.2) is 30.1 Å². The van der Waals surface area contributed by atoms with E-state index in [0.29, 0.717) is 6.54 Å². The summed E-state index contributed by atoms with van der Waals surface area (Å²) in [6.45, 7) is 11.7. The van der Waals surface area contributed by atoms with Crippen LogP contribution in [0.1, 0.15) is 61.9 Å². The van der Waals surface area contributed by atoms with Gasteiger partial charge in [0.25, 0.3) is 0 Å². The molecule has 2 aromatic rings. The summed E-state index contributed by atoms with van der Waals surface area (Å²) in [7, 11) is 0. The molecular formula is C25H37N3OS2. The maximum atomic E-state index is 12.4. The maximum Gasteiger partial charge on any atom is 0.319 e. The molecule has 1 aromatic heterocycles. The van der Waals surface area contributed by atoms with Crippen molar-refractivity contribution in [2.45, 2.75) is 75.6 Å². The normalized spacial score (nSPS) is 11.5. The fraction of sp³-hybridized carbons (Fsp3) is 0.520. The number of nitrogens with zero attached hydrogens (tertiary/aromatic N) is 1. The van der Waals surface area contributed by atoms with E-state index >= 15 is 0 Å². The SMILES string of the molecule is CSc1cc(C)nc(SC)c1NC(=O)NCCCCCC(C)(C)c1cc(C)ccc1C. The van der Waals surface area contributed by atoms with Crippen LogP contribution in [0.25, 0.3) is 0 Å². The molecule has 2 rings (SSSR count). The first-order valence-corrected chi connectivity index (χ1v) is 13.3. The van der Waals surface area contributed by atoms with Crippen LogP contribution in [0, 0.1) is 20.8 Å². The smallest absolute Gasteiger partial charge is 0.319 e. The fourth-order valence-electron chi connectivity index (χ4n) is 3.87. The predicted molar refractivity (Wildman–Crippen MR) is 137 cm³/mol. The first-order valence-electron chi connectivity index (χ1n) is 10.9. The lowest BCUT2D eigenvalue weighted by Gasteiger charge is -2.27. The van der Waals surface area contributed by atoms with E-state index < -0.39 is 0 Å². The van der Waals surface area contributed by atoms with E-state index in [0.717, 1.165) is 47.0 Å². The summed E-state index contributed by atoms with van der Waals surface area (Å²) in [6.07, 6.45) is 8.38. The molecular weight excluding hydrogens is 422 g/mol. The fourth-order valence-corrected chi connectivity index (χ4v) is 5.17. The van der Waals surface area contributed by atoms with Crippen molar-refractivity contribution in [2.24, 2.45) is 0 Å². The molecule has 0 radical (unpaired) electrons. The summed E-state index contributed by atoms with van der Waals surface area (Å²) >= 11 is 3.17. The molecule has 0 saturated carbocycles. The molecule has 2 amide bonds. The van der Waals surface area contributed by atoms with Gasteiger partial charge in [-0.05, 0) is 68.7 Å². The van der Waals surface area contributed by atoms with Gasteiger partial charge in [0.15, 0.2) is 0 Å². The van der Waals surface area contributed by atoms with Gasteiger partial charge in [0, 0.05) is 17.1 Å². The van der Waals surface area contributed by atoms with Gasteiger partial charge in [-0.2, -0.15) is 0 Å². The molecule has 0 saturated heterocycles. The van der Waals surface area contributed by atoms with Crippen molar-refractivity contribution in [1.29, 1.82) is 0 Å². The highest BCUT2D eigenvalue weighted by Gasteiger charge is 2.22. The Labute approximate surface area is 196 Å². The van der Waals surface area contributed by atoms with Crippen LogP contribution in [0.4, 0.5) is 10.5 Å². The number of aryl methyl sites for hydroxylation is 3. The van der Waals surface area contributed by atoms with Crippen LogP contribution in [-0.2, 0) is 5.41 Å². The van der Waals surface area contributed by atoms with Gasteiger partial charge in [-0.25, -0.2) is 9.78 Å². The van der Waals surface area contributed by atoms with E-state index in [9.17, 15) is 4.79 Å². The van der Waals surface area contributed by atoms with E-state index in [2.05, 4.69) is 61.5 Å². The Bertz CT molecular complexity index is 871. The molecule has 0 aliphatic carbocycles. The quantitative estimate of drug-likeness (QED) is 0.294. The van der Waals surface area contributed by atoms with Crippen molar-refractivity contribution in [3.05, 3.63) is 46.6 Å². The summed E-state index contributed by atoms with van der Waals surface area (Å²) in [5.41, 5.74) is 6.07. The molecule has 1 aromatic carbocycles. The van der Waals surface area contributed by atoms with Crippen LogP contribution in [0.3, 0.4) is 0 Å². The lowest BCUT2D eigenvalue weighted by molar-refractivity contribution is 0.251. The monoisotopic (exact) mass is 459 g/mol. The van der Waals surface area contributed by atoms with Gasteiger partial charge >= 0.3 is 6.03 Å². The zero-order valence-corrected chi connectivity index (χ0v) is 21.6. The van der Waals surface area contributed by atoms with Gasteiger partial charge in [-0.1, -0.05) is 50.5 Å². The van der Waals surface area contributed by atoms with Crippen molar-refractivity contribution in [3.63, 3.8) is 0 Å². The highest BCUT2D eigenvalue weighted by atomic mass is 32.2. The van der Waals surface area contributed by atoms with Gasteiger partial charge in [0.2, 0.25) is 0 Å². The minimum Gasteiger partial charge on any atom is -0.338 e. The van der Waals surface area contributed by atoms with E-state index in [4.69, 9.17) is 0 Å². The molecule has 31 heavy (non-hydrogen) atoms. The number of rotatable bonds is 10. The number of benzene rings is 1. The molecule has 0 atom stereocenters. The van der Waals surface area contributed by atoms with E-state index in [1.54, 1.807) is 23.5 Å². The highest BCUT2D eigenvalue weighted by Crippen LogP contribution is 2.34. The largest absolute Gasteiger partial charge is 0.338 e. The van der Waals surface area contributed by atoms with Crippen molar-refractivity contribution in [2.75, 3.05) is 24.4 Å². The van der Waals surface area contributed by atoms with Crippen LogP contribution in [0.5, 0.6) is 0 Å². The first kappa shape index (κ1) is 25.6. The Morgan fingerprint density at radius 3 is 2.45 bits per heavy atom. The summed E-state index contributed by atoms with van der Waals surface area (Å²) < 4.78 is 0. The van der Waals surface area contributed by atoms with Crippen molar-refractivity contribution < 1.29 is 4.79 Å². The number of hydrogen-bond donors (Lipinski definition) is 2. The number of carbonyl (C=O) groups is 1. The molecule has 0 unspecified atom stereocenters. The Hall–Kier alpha value is -1.66. The van der Waals surface area contributed by atoms with E-state index in [1.165, 1.54) is 16.7 Å². The molecule has 1 heterocycles. The van der Waals surface area contributed by atoms with Crippen molar-refractivity contribution in [3.8, 4) is 0 Å². The average Bonchev–Trinajstić information content (AvgIpc) is 2.72.